The van der Waals surface area contributed by atoms with Gasteiger partial charge in [0.1, 0.15) is 10.8 Å². The number of benzene rings is 1. The van der Waals surface area contributed by atoms with Crippen molar-refractivity contribution in [2.24, 2.45) is 11.7 Å². The fraction of sp³-hybridized carbons (Fsp3) is 0.318. The first kappa shape index (κ1) is 21.7. The van der Waals surface area contributed by atoms with Crippen LogP contribution in [-0.2, 0) is 0 Å². The van der Waals surface area contributed by atoms with Crippen LogP contribution < -0.4 is 21.7 Å². The Hall–Kier alpha value is -3.53. The summed E-state index contributed by atoms with van der Waals surface area (Å²) in [7, 11) is 0. The molecule has 166 valence electrons. The number of Topliss-reactive ketones (excluding diaryl/α,β-unsaturated/α-hetero) is 1. The van der Waals surface area contributed by atoms with Crippen molar-refractivity contribution >= 4 is 45.5 Å². The number of carbonyl (C=O) groups excluding carboxylic acids is 2. The van der Waals surface area contributed by atoms with E-state index in [-0.39, 0.29) is 17.4 Å². The molecule has 3 heterocycles. The molecule has 4 rings (SSSR count). The molecule has 10 heteroatoms. The minimum atomic E-state index is -0.654. The van der Waals surface area contributed by atoms with E-state index >= 15 is 0 Å². The summed E-state index contributed by atoms with van der Waals surface area (Å²) < 4.78 is 4.23. The highest BCUT2D eigenvalue weighted by atomic mass is 32.1. The molecule has 1 fully saturated rings. The van der Waals surface area contributed by atoms with Crippen molar-refractivity contribution < 1.29 is 9.59 Å². The molecule has 2 aromatic heterocycles. The monoisotopic (exact) mass is 451 g/mol. The van der Waals surface area contributed by atoms with Gasteiger partial charge in [-0.2, -0.15) is 4.37 Å². The van der Waals surface area contributed by atoms with Crippen LogP contribution in [0.2, 0.25) is 0 Å². The standard InChI is InChI=1S/C22H25N7O2S/c1-13-9-19(32-28-13)27-22-20(21(24)31)25-11-18(26-22)29-8-2-3-14(12-29)10-17(30)15-4-6-16(23)7-5-15/h4-7,9,11,14H,2-3,8,10,12,23H2,1H3,(H2,24,31)(H,26,27)/t14-/m0/s1. The molecule has 1 atom stereocenters. The van der Waals surface area contributed by atoms with Crippen LogP contribution >= 0.6 is 11.5 Å². The zero-order valence-electron chi connectivity index (χ0n) is 17.7. The topological polar surface area (TPSA) is 140 Å². The third kappa shape index (κ3) is 5.02. The van der Waals surface area contributed by atoms with Gasteiger partial charge in [0, 0.05) is 30.8 Å². The van der Waals surface area contributed by atoms with Crippen molar-refractivity contribution in [2.75, 3.05) is 29.0 Å². The molecule has 0 bridgehead atoms. The third-order valence-electron chi connectivity index (χ3n) is 5.41. The Labute approximate surface area is 190 Å². The van der Waals surface area contributed by atoms with Gasteiger partial charge in [0.25, 0.3) is 5.91 Å². The number of hydrogen-bond acceptors (Lipinski definition) is 9. The Morgan fingerprint density at radius 3 is 2.75 bits per heavy atom. The molecule has 0 radical (unpaired) electrons. The first-order valence-electron chi connectivity index (χ1n) is 10.4. The van der Waals surface area contributed by atoms with Gasteiger partial charge in [-0.1, -0.05) is 0 Å². The van der Waals surface area contributed by atoms with E-state index in [1.165, 1.54) is 11.5 Å². The summed E-state index contributed by atoms with van der Waals surface area (Å²) in [4.78, 5) is 35.5. The van der Waals surface area contributed by atoms with E-state index < -0.39 is 5.91 Å². The lowest BCUT2D eigenvalue weighted by molar-refractivity contribution is 0.0954. The highest BCUT2D eigenvalue weighted by Crippen LogP contribution is 2.28. The Bertz CT molecular complexity index is 1130. The zero-order valence-corrected chi connectivity index (χ0v) is 18.6. The van der Waals surface area contributed by atoms with Gasteiger partial charge in [-0.3, -0.25) is 9.59 Å². The second kappa shape index (κ2) is 9.31. The molecule has 5 N–H and O–H groups in total. The molecule has 1 aliphatic rings. The summed E-state index contributed by atoms with van der Waals surface area (Å²) in [6, 6.07) is 8.89. The number of primary amides is 1. The molecule has 9 nitrogen and oxygen atoms in total. The number of hydrogen-bond donors (Lipinski definition) is 3. The predicted octanol–water partition coefficient (Wildman–Crippen LogP) is 3.16. The van der Waals surface area contributed by atoms with Crippen LogP contribution in [0.3, 0.4) is 0 Å². The number of aryl methyl sites for hydroxylation is 1. The summed E-state index contributed by atoms with van der Waals surface area (Å²) in [5.74, 6) is 0.599. The van der Waals surface area contributed by atoms with Crippen molar-refractivity contribution in [3.8, 4) is 0 Å². The Kier molecular flexibility index (Phi) is 6.31. The summed E-state index contributed by atoms with van der Waals surface area (Å²) in [6.45, 7) is 3.37. The lowest BCUT2D eigenvalue weighted by Crippen LogP contribution is -2.37. The van der Waals surface area contributed by atoms with E-state index in [1.807, 2.05) is 13.0 Å². The molecule has 0 saturated carbocycles. The smallest absolute Gasteiger partial charge is 0.271 e. The van der Waals surface area contributed by atoms with Crippen LogP contribution in [-0.4, -0.2) is 39.1 Å². The molecular formula is C22H25N7O2S. The fourth-order valence-electron chi connectivity index (χ4n) is 3.83. The number of nitrogens with zero attached hydrogens (tertiary/aromatic N) is 4. The van der Waals surface area contributed by atoms with E-state index in [1.54, 1.807) is 30.5 Å². The van der Waals surface area contributed by atoms with Gasteiger partial charge in [-0.15, -0.1) is 0 Å². The third-order valence-corrected chi connectivity index (χ3v) is 6.21. The second-order valence-electron chi connectivity index (χ2n) is 7.95. The van der Waals surface area contributed by atoms with Gasteiger partial charge in [0.15, 0.2) is 17.3 Å². The minimum Gasteiger partial charge on any atom is -0.399 e. The molecule has 1 aromatic carbocycles. The van der Waals surface area contributed by atoms with E-state index in [0.29, 0.717) is 35.9 Å². The van der Waals surface area contributed by atoms with Crippen molar-refractivity contribution in [3.05, 3.63) is 53.5 Å². The maximum atomic E-state index is 12.7. The van der Waals surface area contributed by atoms with Gasteiger partial charge in [0.05, 0.1) is 11.9 Å². The van der Waals surface area contributed by atoms with Crippen molar-refractivity contribution in [3.63, 3.8) is 0 Å². The molecule has 0 aliphatic carbocycles. The number of anilines is 4. The Morgan fingerprint density at radius 1 is 1.28 bits per heavy atom. The molecule has 32 heavy (non-hydrogen) atoms. The average Bonchev–Trinajstić information content (AvgIpc) is 3.18. The fourth-order valence-corrected chi connectivity index (χ4v) is 4.49. The van der Waals surface area contributed by atoms with Gasteiger partial charge >= 0.3 is 0 Å². The van der Waals surface area contributed by atoms with Crippen LogP contribution in [0.4, 0.5) is 22.3 Å². The van der Waals surface area contributed by atoms with Gasteiger partial charge in [-0.05, 0) is 67.5 Å². The molecule has 0 unspecified atom stereocenters. The summed E-state index contributed by atoms with van der Waals surface area (Å²) in [5.41, 5.74) is 13.5. The number of rotatable bonds is 7. The highest BCUT2D eigenvalue weighted by molar-refractivity contribution is 7.10. The number of piperidine rings is 1. The molecule has 1 saturated heterocycles. The maximum Gasteiger partial charge on any atom is 0.271 e. The number of nitrogen functional groups attached to an aromatic ring is 1. The first-order chi connectivity index (χ1) is 15.4. The van der Waals surface area contributed by atoms with E-state index in [4.69, 9.17) is 11.5 Å². The molecule has 0 spiro atoms. The Morgan fingerprint density at radius 2 is 2.06 bits per heavy atom. The number of nitrogens with one attached hydrogen (secondary N) is 1. The quantitative estimate of drug-likeness (QED) is 0.367. The second-order valence-corrected chi connectivity index (χ2v) is 8.76. The SMILES string of the molecule is Cc1cc(Nc2nc(N3CCC[C@@H](CC(=O)c4ccc(N)cc4)C3)cnc2C(N)=O)sn1. The maximum absolute atomic E-state index is 12.7. The molecule has 1 amide bonds. The highest BCUT2D eigenvalue weighted by Gasteiger charge is 2.25. The van der Waals surface area contributed by atoms with Crippen molar-refractivity contribution in [2.45, 2.75) is 26.2 Å². The van der Waals surface area contributed by atoms with Crippen LogP contribution in [0, 0.1) is 12.8 Å². The van der Waals surface area contributed by atoms with Crippen LogP contribution in [0.25, 0.3) is 0 Å². The van der Waals surface area contributed by atoms with Gasteiger partial charge in [0.2, 0.25) is 0 Å². The minimum absolute atomic E-state index is 0.0758. The largest absolute Gasteiger partial charge is 0.399 e. The molecule has 1 aliphatic heterocycles. The van der Waals surface area contributed by atoms with Crippen LogP contribution in [0.15, 0.2) is 36.5 Å². The van der Waals surface area contributed by atoms with E-state index in [9.17, 15) is 9.59 Å². The number of amides is 1. The first-order valence-corrected chi connectivity index (χ1v) is 11.2. The number of nitrogens with two attached hydrogens (primary N) is 2. The average molecular weight is 452 g/mol. The zero-order chi connectivity index (χ0) is 22.7. The summed E-state index contributed by atoms with van der Waals surface area (Å²) >= 11 is 1.27. The van der Waals surface area contributed by atoms with Gasteiger partial charge in [-0.25, -0.2) is 9.97 Å². The number of carbonyl (C=O) groups is 2. The van der Waals surface area contributed by atoms with E-state index in [2.05, 4.69) is 24.6 Å². The summed E-state index contributed by atoms with van der Waals surface area (Å²) in [6.07, 6.45) is 3.93. The lowest BCUT2D eigenvalue weighted by atomic mass is 9.91. The lowest BCUT2D eigenvalue weighted by Gasteiger charge is -2.33. The Balaban J connectivity index is 1.49. The molecule has 3 aromatic rings. The number of ketones is 1. The van der Waals surface area contributed by atoms with Crippen molar-refractivity contribution in [1.82, 2.24) is 14.3 Å². The number of aromatic nitrogens is 3. The molecular weight excluding hydrogens is 426 g/mol. The summed E-state index contributed by atoms with van der Waals surface area (Å²) in [5, 5.41) is 3.87. The van der Waals surface area contributed by atoms with E-state index in [0.717, 1.165) is 30.1 Å². The van der Waals surface area contributed by atoms with Crippen LogP contribution in [0.5, 0.6) is 0 Å². The van der Waals surface area contributed by atoms with Crippen LogP contribution in [0.1, 0.15) is 45.8 Å². The van der Waals surface area contributed by atoms with Crippen molar-refractivity contribution in [1.29, 1.82) is 0 Å². The normalized spacial score (nSPS) is 16.0. The predicted molar refractivity (Wildman–Crippen MR) is 125 cm³/mol. The van der Waals surface area contributed by atoms with Gasteiger partial charge < -0.3 is 21.7 Å².